The lowest BCUT2D eigenvalue weighted by molar-refractivity contribution is 0.509. The van der Waals surface area contributed by atoms with E-state index in [0.29, 0.717) is 17.8 Å². The van der Waals surface area contributed by atoms with Crippen molar-refractivity contribution in [3.8, 4) is 0 Å². The standard InChI is InChI=1S/C18H22F2N4/c1-3-15-17(20)18(22-11-21-15)23-13-6-8-24(9-7-13)16-10-12(2)4-5-14(16)19/h4-5,10-11,13H,3,6-9H2,1-2H3,(H,21,22,23). The summed E-state index contributed by atoms with van der Waals surface area (Å²) in [5.74, 6) is -0.296. The van der Waals surface area contributed by atoms with E-state index >= 15 is 0 Å². The first-order valence-electron chi connectivity index (χ1n) is 8.35. The van der Waals surface area contributed by atoms with Gasteiger partial charge in [0.2, 0.25) is 0 Å². The molecule has 24 heavy (non-hydrogen) atoms. The number of aromatic nitrogens is 2. The average molecular weight is 332 g/mol. The van der Waals surface area contributed by atoms with Gasteiger partial charge in [-0.2, -0.15) is 0 Å². The van der Waals surface area contributed by atoms with Crippen molar-refractivity contribution in [3.05, 3.63) is 47.4 Å². The summed E-state index contributed by atoms with van der Waals surface area (Å²) < 4.78 is 28.2. The first-order valence-corrected chi connectivity index (χ1v) is 8.35. The quantitative estimate of drug-likeness (QED) is 0.927. The maximum absolute atomic E-state index is 14.2. The van der Waals surface area contributed by atoms with E-state index in [2.05, 4.69) is 15.3 Å². The van der Waals surface area contributed by atoms with Crippen molar-refractivity contribution in [1.82, 2.24) is 9.97 Å². The van der Waals surface area contributed by atoms with Gasteiger partial charge < -0.3 is 10.2 Å². The van der Waals surface area contributed by atoms with Gasteiger partial charge in [0.15, 0.2) is 11.6 Å². The molecule has 0 aliphatic carbocycles. The predicted molar refractivity (Wildman–Crippen MR) is 91.4 cm³/mol. The van der Waals surface area contributed by atoms with Crippen LogP contribution in [0.2, 0.25) is 0 Å². The summed E-state index contributed by atoms with van der Waals surface area (Å²) in [5, 5.41) is 3.18. The Balaban J connectivity index is 1.64. The van der Waals surface area contributed by atoms with Gasteiger partial charge in [-0.05, 0) is 43.9 Å². The van der Waals surface area contributed by atoms with Crippen LogP contribution in [0.15, 0.2) is 24.5 Å². The summed E-state index contributed by atoms with van der Waals surface area (Å²) in [6, 6.07) is 5.29. The molecule has 6 heteroatoms. The van der Waals surface area contributed by atoms with Crippen LogP contribution in [0.4, 0.5) is 20.3 Å². The fraction of sp³-hybridized carbons (Fsp3) is 0.444. The van der Waals surface area contributed by atoms with Gasteiger partial charge in [-0.25, -0.2) is 18.7 Å². The molecule has 0 saturated carbocycles. The van der Waals surface area contributed by atoms with Gasteiger partial charge in [0.05, 0.1) is 11.4 Å². The monoisotopic (exact) mass is 332 g/mol. The molecule has 2 heterocycles. The van der Waals surface area contributed by atoms with Crippen molar-refractivity contribution in [2.24, 2.45) is 0 Å². The van der Waals surface area contributed by atoms with Gasteiger partial charge in [0.1, 0.15) is 12.1 Å². The lowest BCUT2D eigenvalue weighted by atomic mass is 10.0. The Bertz CT molecular complexity index is 712. The first kappa shape index (κ1) is 16.6. The molecular formula is C18H22F2N4. The molecule has 1 aromatic heterocycles. The number of piperidine rings is 1. The number of hydrogen-bond acceptors (Lipinski definition) is 4. The third-order valence-electron chi connectivity index (χ3n) is 4.47. The molecule has 1 aromatic carbocycles. The minimum absolute atomic E-state index is 0.128. The fourth-order valence-electron chi connectivity index (χ4n) is 3.08. The van der Waals surface area contributed by atoms with Crippen molar-refractivity contribution in [2.75, 3.05) is 23.3 Å². The van der Waals surface area contributed by atoms with Crippen LogP contribution in [0.5, 0.6) is 0 Å². The summed E-state index contributed by atoms with van der Waals surface area (Å²) in [7, 11) is 0. The van der Waals surface area contributed by atoms with Crippen molar-refractivity contribution in [3.63, 3.8) is 0 Å². The Kier molecular flexibility index (Phi) is 4.92. The van der Waals surface area contributed by atoms with E-state index in [4.69, 9.17) is 0 Å². The van der Waals surface area contributed by atoms with Crippen LogP contribution in [-0.4, -0.2) is 29.1 Å². The van der Waals surface area contributed by atoms with Crippen LogP contribution in [0.3, 0.4) is 0 Å². The molecule has 0 bridgehead atoms. The zero-order valence-electron chi connectivity index (χ0n) is 14.0. The van der Waals surface area contributed by atoms with Gasteiger partial charge in [-0.3, -0.25) is 0 Å². The molecule has 1 N–H and O–H groups in total. The number of benzene rings is 1. The number of rotatable bonds is 4. The molecule has 128 valence electrons. The van der Waals surface area contributed by atoms with E-state index in [1.54, 1.807) is 6.07 Å². The summed E-state index contributed by atoms with van der Waals surface area (Å²) in [6.07, 6.45) is 3.53. The Morgan fingerprint density at radius 3 is 2.67 bits per heavy atom. The first-order chi connectivity index (χ1) is 11.6. The van der Waals surface area contributed by atoms with Gasteiger partial charge in [0, 0.05) is 19.1 Å². The van der Waals surface area contributed by atoms with Crippen molar-refractivity contribution in [1.29, 1.82) is 0 Å². The topological polar surface area (TPSA) is 41.1 Å². The molecule has 1 aliphatic heterocycles. The molecule has 0 spiro atoms. The highest BCUT2D eigenvalue weighted by Crippen LogP contribution is 2.26. The van der Waals surface area contributed by atoms with Gasteiger partial charge >= 0.3 is 0 Å². The number of nitrogens with zero attached hydrogens (tertiary/aromatic N) is 3. The zero-order chi connectivity index (χ0) is 17.1. The van der Waals surface area contributed by atoms with Crippen LogP contribution in [-0.2, 0) is 6.42 Å². The molecule has 3 rings (SSSR count). The molecule has 0 atom stereocenters. The summed E-state index contributed by atoms with van der Waals surface area (Å²) >= 11 is 0. The predicted octanol–water partition coefficient (Wildman–Crippen LogP) is 3.71. The van der Waals surface area contributed by atoms with E-state index in [1.807, 2.05) is 24.8 Å². The fourth-order valence-corrected chi connectivity index (χ4v) is 3.08. The second kappa shape index (κ2) is 7.11. The Morgan fingerprint density at radius 1 is 1.21 bits per heavy atom. The highest BCUT2D eigenvalue weighted by atomic mass is 19.1. The molecule has 1 aliphatic rings. The largest absolute Gasteiger partial charge is 0.369 e. The third-order valence-corrected chi connectivity index (χ3v) is 4.47. The summed E-state index contributed by atoms with van der Waals surface area (Å²) in [6.45, 7) is 5.28. The van der Waals surface area contributed by atoms with E-state index in [1.165, 1.54) is 12.4 Å². The zero-order valence-corrected chi connectivity index (χ0v) is 14.0. The third kappa shape index (κ3) is 3.47. The van der Waals surface area contributed by atoms with Crippen LogP contribution in [0.1, 0.15) is 31.0 Å². The SMILES string of the molecule is CCc1ncnc(NC2CCN(c3cc(C)ccc3F)CC2)c1F. The number of nitrogens with one attached hydrogen (secondary N) is 1. The van der Waals surface area contributed by atoms with Crippen molar-refractivity contribution in [2.45, 2.75) is 39.2 Å². The van der Waals surface area contributed by atoms with E-state index in [0.717, 1.165) is 31.5 Å². The number of hydrogen-bond donors (Lipinski definition) is 1. The second-order valence-electron chi connectivity index (χ2n) is 6.20. The van der Waals surface area contributed by atoms with Crippen LogP contribution in [0, 0.1) is 18.6 Å². The van der Waals surface area contributed by atoms with E-state index < -0.39 is 0 Å². The molecule has 2 aromatic rings. The molecular weight excluding hydrogens is 310 g/mol. The highest BCUT2D eigenvalue weighted by Gasteiger charge is 2.23. The van der Waals surface area contributed by atoms with Gasteiger partial charge in [-0.1, -0.05) is 13.0 Å². The highest BCUT2D eigenvalue weighted by molar-refractivity contribution is 5.50. The Hall–Kier alpha value is -2.24. The van der Waals surface area contributed by atoms with Crippen molar-refractivity contribution < 1.29 is 8.78 Å². The van der Waals surface area contributed by atoms with Crippen LogP contribution in [0.25, 0.3) is 0 Å². The number of halogens is 2. The maximum atomic E-state index is 14.2. The molecule has 0 amide bonds. The molecule has 0 radical (unpaired) electrons. The molecule has 4 nitrogen and oxygen atoms in total. The molecule has 1 saturated heterocycles. The average Bonchev–Trinajstić information content (AvgIpc) is 2.60. The smallest absolute Gasteiger partial charge is 0.186 e. The lowest BCUT2D eigenvalue weighted by Gasteiger charge is -2.34. The van der Waals surface area contributed by atoms with Gasteiger partial charge in [0.25, 0.3) is 0 Å². The Labute approximate surface area is 140 Å². The van der Waals surface area contributed by atoms with Crippen molar-refractivity contribution >= 4 is 11.5 Å². The molecule has 0 unspecified atom stereocenters. The lowest BCUT2D eigenvalue weighted by Crippen LogP contribution is -2.39. The second-order valence-corrected chi connectivity index (χ2v) is 6.20. The van der Waals surface area contributed by atoms with Crippen LogP contribution < -0.4 is 10.2 Å². The van der Waals surface area contributed by atoms with Crippen LogP contribution >= 0.6 is 0 Å². The number of aryl methyl sites for hydroxylation is 2. The van der Waals surface area contributed by atoms with Gasteiger partial charge in [-0.15, -0.1) is 0 Å². The minimum Gasteiger partial charge on any atom is -0.369 e. The number of anilines is 2. The molecule has 1 fully saturated rings. The summed E-state index contributed by atoms with van der Waals surface area (Å²) in [4.78, 5) is 10.0. The normalized spacial score (nSPS) is 15.6. The maximum Gasteiger partial charge on any atom is 0.186 e. The van der Waals surface area contributed by atoms with E-state index in [9.17, 15) is 8.78 Å². The minimum atomic E-state index is -0.368. The summed E-state index contributed by atoms with van der Waals surface area (Å²) in [5.41, 5.74) is 2.11. The van der Waals surface area contributed by atoms with E-state index in [-0.39, 0.29) is 23.5 Å². The Morgan fingerprint density at radius 2 is 1.96 bits per heavy atom.